The Morgan fingerprint density at radius 2 is 1.95 bits per heavy atom. The molecule has 0 spiro atoms. The van der Waals surface area contributed by atoms with Gasteiger partial charge in [0.2, 0.25) is 0 Å². The molecule has 0 saturated carbocycles. The van der Waals surface area contributed by atoms with E-state index in [-0.39, 0.29) is 12.1 Å². The van der Waals surface area contributed by atoms with E-state index in [1.807, 2.05) is 18.2 Å². The molecule has 3 heteroatoms. The lowest BCUT2D eigenvalue weighted by molar-refractivity contribution is -0.00721. The van der Waals surface area contributed by atoms with Crippen LogP contribution in [0, 0.1) is 17.2 Å². The third kappa shape index (κ3) is 2.36. The lowest BCUT2D eigenvalue weighted by Gasteiger charge is -2.37. The summed E-state index contributed by atoms with van der Waals surface area (Å²) >= 11 is 0. The molecule has 0 amide bonds. The number of fused-ring (bicyclic) bond motifs is 3. The lowest BCUT2D eigenvalue weighted by atomic mass is 9.91. The first-order chi connectivity index (χ1) is 10.3. The molecule has 2 aromatic carbocycles. The van der Waals surface area contributed by atoms with Gasteiger partial charge in [0.05, 0.1) is 6.07 Å². The van der Waals surface area contributed by atoms with Crippen molar-refractivity contribution in [1.82, 2.24) is 4.90 Å². The van der Waals surface area contributed by atoms with Crippen molar-refractivity contribution in [3.05, 3.63) is 42.0 Å². The van der Waals surface area contributed by atoms with Crippen molar-refractivity contribution in [3.8, 4) is 11.8 Å². The highest BCUT2D eigenvalue weighted by molar-refractivity contribution is 5.88. The zero-order chi connectivity index (χ0) is 14.8. The second-order valence-electron chi connectivity index (χ2n) is 5.43. The van der Waals surface area contributed by atoms with Gasteiger partial charge in [0.15, 0.2) is 6.23 Å². The maximum atomic E-state index is 9.54. The highest BCUT2D eigenvalue weighted by atomic mass is 16.5. The highest BCUT2D eigenvalue weighted by Gasteiger charge is 2.34. The smallest absolute Gasteiger partial charge is 0.168 e. The molecule has 0 bridgehead atoms. The van der Waals surface area contributed by atoms with Crippen LogP contribution in [0.1, 0.15) is 19.4 Å². The SMILES string of the molecule is CCN(CC)[C@@H]1Oc2ccc3ccccc3c2C[C@H]1C#N. The van der Waals surface area contributed by atoms with E-state index in [0.717, 1.165) is 25.3 Å². The molecule has 1 aliphatic rings. The van der Waals surface area contributed by atoms with Gasteiger partial charge in [-0.2, -0.15) is 5.26 Å². The molecule has 2 atom stereocenters. The Morgan fingerprint density at radius 1 is 1.19 bits per heavy atom. The summed E-state index contributed by atoms with van der Waals surface area (Å²) in [6.07, 6.45) is 0.618. The topological polar surface area (TPSA) is 36.3 Å². The first-order valence-electron chi connectivity index (χ1n) is 7.59. The largest absolute Gasteiger partial charge is 0.473 e. The van der Waals surface area contributed by atoms with E-state index in [1.54, 1.807) is 0 Å². The molecule has 0 fully saturated rings. The van der Waals surface area contributed by atoms with E-state index >= 15 is 0 Å². The van der Waals surface area contributed by atoms with Crippen molar-refractivity contribution in [1.29, 1.82) is 5.26 Å². The maximum absolute atomic E-state index is 9.54. The van der Waals surface area contributed by atoms with Crippen LogP contribution in [-0.2, 0) is 6.42 Å². The van der Waals surface area contributed by atoms with Gasteiger partial charge in [-0.1, -0.05) is 44.2 Å². The molecule has 0 aliphatic carbocycles. The van der Waals surface area contributed by atoms with Crippen LogP contribution < -0.4 is 4.74 Å². The Bertz CT molecular complexity index is 685. The number of hydrogen-bond donors (Lipinski definition) is 0. The molecule has 3 nitrogen and oxygen atoms in total. The fourth-order valence-corrected chi connectivity index (χ4v) is 3.19. The van der Waals surface area contributed by atoms with E-state index in [9.17, 15) is 5.26 Å². The second-order valence-corrected chi connectivity index (χ2v) is 5.43. The van der Waals surface area contributed by atoms with E-state index < -0.39 is 0 Å². The van der Waals surface area contributed by atoms with Crippen LogP contribution in [-0.4, -0.2) is 24.2 Å². The van der Waals surface area contributed by atoms with E-state index in [4.69, 9.17) is 4.74 Å². The van der Waals surface area contributed by atoms with Crippen molar-refractivity contribution in [2.45, 2.75) is 26.5 Å². The number of benzene rings is 2. The van der Waals surface area contributed by atoms with Crippen LogP contribution in [0.3, 0.4) is 0 Å². The minimum absolute atomic E-state index is 0.122. The molecular weight excluding hydrogens is 260 g/mol. The van der Waals surface area contributed by atoms with E-state index in [0.29, 0.717) is 0 Å². The fourth-order valence-electron chi connectivity index (χ4n) is 3.19. The minimum atomic E-state index is -0.140. The molecule has 2 aromatic rings. The van der Waals surface area contributed by atoms with Gasteiger partial charge in [-0.15, -0.1) is 0 Å². The Labute approximate surface area is 125 Å². The second kappa shape index (κ2) is 5.75. The van der Waals surface area contributed by atoms with Gasteiger partial charge in [0.1, 0.15) is 11.7 Å². The zero-order valence-corrected chi connectivity index (χ0v) is 12.5. The van der Waals surface area contributed by atoms with Gasteiger partial charge in [-0.05, 0) is 36.3 Å². The quantitative estimate of drug-likeness (QED) is 0.862. The summed E-state index contributed by atoms with van der Waals surface area (Å²) < 4.78 is 6.19. The average molecular weight is 280 g/mol. The lowest BCUT2D eigenvalue weighted by Crippen LogP contribution is -2.47. The van der Waals surface area contributed by atoms with Crippen LogP contribution >= 0.6 is 0 Å². The van der Waals surface area contributed by atoms with Gasteiger partial charge in [0.25, 0.3) is 0 Å². The van der Waals surface area contributed by atoms with Crippen LogP contribution in [0.4, 0.5) is 0 Å². The minimum Gasteiger partial charge on any atom is -0.473 e. The Balaban J connectivity index is 2.06. The van der Waals surface area contributed by atoms with Gasteiger partial charge < -0.3 is 4.74 Å². The van der Waals surface area contributed by atoms with Crippen molar-refractivity contribution >= 4 is 10.8 Å². The maximum Gasteiger partial charge on any atom is 0.168 e. The van der Waals surface area contributed by atoms with Crippen molar-refractivity contribution < 1.29 is 4.74 Å². The summed E-state index contributed by atoms with van der Waals surface area (Å²) in [7, 11) is 0. The van der Waals surface area contributed by atoms with Crippen LogP contribution in [0.25, 0.3) is 10.8 Å². The molecular formula is C18H20N2O. The summed E-state index contributed by atoms with van der Waals surface area (Å²) in [6, 6.07) is 14.9. The van der Waals surface area contributed by atoms with Crippen molar-refractivity contribution in [2.75, 3.05) is 13.1 Å². The Morgan fingerprint density at radius 3 is 2.67 bits per heavy atom. The fraction of sp³-hybridized carbons (Fsp3) is 0.389. The van der Waals surface area contributed by atoms with Gasteiger partial charge in [-0.25, -0.2) is 0 Å². The molecule has 21 heavy (non-hydrogen) atoms. The molecule has 0 N–H and O–H groups in total. The monoisotopic (exact) mass is 280 g/mol. The summed E-state index contributed by atoms with van der Waals surface area (Å²) in [6.45, 7) is 6.00. The van der Waals surface area contributed by atoms with Crippen molar-refractivity contribution in [2.24, 2.45) is 5.92 Å². The van der Waals surface area contributed by atoms with Crippen LogP contribution in [0.15, 0.2) is 36.4 Å². The summed E-state index contributed by atoms with van der Waals surface area (Å²) in [5, 5.41) is 12.0. The molecule has 1 heterocycles. The number of ether oxygens (including phenoxy) is 1. The third-order valence-corrected chi connectivity index (χ3v) is 4.35. The van der Waals surface area contributed by atoms with E-state index in [1.165, 1.54) is 16.3 Å². The molecule has 3 rings (SSSR count). The number of hydrogen-bond acceptors (Lipinski definition) is 3. The Hall–Kier alpha value is -2.05. The molecule has 0 radical (unpaired) electrons. The molecule has 1 aliphatic heterocycles. The Kier molecular flexibility index (Phi) is 3.81. The predicted octanol–water partition coefficient (Wildman–Crippen LogP) is 3.58. The van der Waals surface area contributed by atoms with Crippen LogP contribution in [0.5, 0.6) is 5.75 Å². The highest BCUT2D eigenvalue weighted by Crippen LogP contribution is 2.36. The summed E-state index contributed by atoms with van der Waals surface area (Å²) in [5.74, 6) is 0.806. The molecule has 0 aromatic heterocycles. The average Bonchev–Trinajstić information content (AvgIpc) is 2.55. The van der Waals surface area contributed by atoms with Gasteiger partial charge in [0, 0.05) is 5.56 Å². The van der Waals surface area contributed by atoms with Crippen molar-refractivity contribution in [3.63, 3.8) is 0 Å². The normalized spacial score (nSPS) is 20.9. The summed E-state index contributed by atoms with van der Waals surface area (Å²) in [5.41, 5.74) is 1.17. The van der Waals surface area contributed by atoms with Gasteiger partial charge >= 0.3 is 0 Å². The van der Waals surface area contributed by atoms with Gasteiger partial charge in [-0.3, -0.25) is 4.90 Å². The zero-order valence-electron chi connectivity index (χ0n) is 12.5. The number of rotatable bonds is 3. The first-order valence-corrected chi connectivity index (χ1v) is 7.59. The molecule has 0 saturated heterocycles. The standard InChI is InChI=1S/C18H20N2O/c1-3-20(4-2)18-14(12-19)11-16-15-8-6-5-7-13(15)9-10-17(16)21-18/h5-10,14,18H,3-4,11H2,1-2H3/t14-,18+/m0/s1. The first kappa shape index (κ1) is 13.9. The third-order valence-electron chi connectivity index (χ3n) is 4.35. The van der Waals surface area contributed by atoms with Crippen LogP contribution in [0.2, 0.25) is 0 Å². The summed E-state index contributed by atoms with van der Waals surface area (Å²) in [4.78, 5) is 2.21. The van der Waals surface area contributed by atoms with E-state index in [2.05, 4.69) is 43.0 Å². The molecule has 0 unspecified atom stereocenters. The number of nitriles is 1. The number of nitrogens with zero attached hydrogens (tertiary/aromatic N) is 2. The molecule has 108 valence electrons. The predicted molar refractivity (Wildman–Crippen MR) is 84.1 cm³/mol.